The van der Waals surface area contributed by atoms with E-state index >= 15 is 0 Å². The van der Waals surface area contributed by atoms with Gasteiger partial charge in [-0.25, -0.2) is 8.42 Å². The van der Waals surface area contributed by atoms with Gasteiger partial charge in [-0.2, -0.15) is 0 Å². The van der Waals surface area contributed by atoms with Crippen LogP contribution in [0.15, 0.2) is 114 Å². The van der Waals surface area contributed by atoms with Crippen molar-refractivity contribution in [1.82, 2.24) is 10.2 Å². The molecule has 0 saturated heterocycles. The molecule has 4 rings (SSSR count). The van der Waals surface area contributed by atoms with Crippen LogP contribution >= 0.6 is 0 Å². The van der Waals surface area contributed by atoms with E-state index < -0.39 is 28.5 Å². The van der Waals surface area contributed by atoms with Gasteiger partial charge in [-0.15, -0.1) is 0 Å². The number of sulfonamides is 1. The molecule has 2 amide bonds. The van der Waals surface area contributed by atoms with Gasteiger partial charge in [0.2, 0.25) is 11.8 Å². The van der Waals surface area contributed by atoms with Crippen LogP contribution in [0.1, 0.15) is 32.8 Å². The summed E-state index contributed by atoms with van der Waals surface area (Å²) in [6, 6.07) is 29.9. The Morgan fingerprint density at radius 3 is 1.89 bits per heavy atom. The maximum absolute atomic E-state index is 14.2. The molecule has 1 atom stereocenters. The zero-order chi connectivity index (χ0) is 32.4. The smallest absolute Gasteiger partial charge is 0.264 e. The maximum atomic E-state index is 14.2. The number of anilines is 1. The minimum atomic E-state index is -4.18. The largest absolute Gasteiger partial charge is 0.497 e. The van der Waals surface area contributed by atoms with Gasteiger partial charge < -0.3 is 19.7 Å². The molecule has 0 aromatic heterocycles. The Hall–Kier alpha value is -4.83. The highest BCUT2D eigenvalue weighted by molar-refractivity contribution is 7.92. The highest BCUT2D eigenvalue weighted by Crippen LogP contribution is 2.29. The first-order chi connectivity index (χ1) is 21.6. The van der Waals surface area contributed by atoms with Crippen LogP contribution in [-0.2, 0) is 26.2 Å². The SMILES string of the molecule is CC[C@@H](C(=O)NC(C)C)N(Cc1ccc(OC)cc1)C(=O)CN(c1ccc(Oc2ccccc2)cc1)S(=O)(=O)c1ccccc1. The van der Waals surface area contributed by atoms with Gasteiger partial charge in [0.15, 0.2) is 0 Å². The van der Waals surface area contributed by atoms with Crippen molar-refractivity contribution in [3.05, 3.63) is 115 Å². The summed E-state index contributed by atoms with van der Waals surface area (Å²) in [5.74, 6) is 0.954. The second-order valence-corrected chi connectivity index (χ2v) is 12.6. The Bertz CT molecular complexity index is 1650. The zero-order valence-electron chi connectivity index (χ0n) is 25.9. The first-order valence-corrected chi connectivity index (χ1v) is 16.2. The van der Waals surface area contributed by atoms with E-state index in [2.05, 4.69) is 5.32 Å². The summed E-state index contributed by atoms with van der Waals surface area (Å²) in [5, 5.41) is 2.90. The van der Waals surface area contributed by atoms with Crippen molar-refractivity contribution < 1.29 is 27.5 Å². The molecule has 0 bridgehead atoms. The van der Waals surface area contributed by atoms with E-state index in [1.54, 1.807) is 61.7 Å². The molecular weight excluding hydrogens is 590 g/mol. The molecule has 0 unspecified atom stereocenters. The van der Waals surface area contributed by atoms with E-state index in [-0.39, 0.29) is 29.1 Å². The Morgan fingerprint density at radius 2 is 1.33 bits per heavy atom. The number of nitrogens with one attached hydrogen (secondary N) is 1. The molecule has 4 aromatic rings. The fourth-order valence-electron chi connectivity index (χ4n) is 4.78. The second kappa shape index (κ2) is 15.3. The van der Waals surface area contributed by atoms with Gasteiger partial charge in [-0.1, -0.05) is 55.5 Å². The lowest BCUT2D eigenvalue weighted by atomic mass is 10.1. The first kappa shape index (κ1) is 33.1. The molecule has 0 heterocycles. The van der Waals surface area contributed by atoms with Crippen LogP contribution in [0.4, 0.5) is 5.69 Å². The highest BCUT2D eigenvalue weighted by atomic mass is 32.2. The third kappa shape index (κ3) is 8.63. The molecule has 45 heavy (non-hydrogen) atoms. The number of nitrogens with zero attached hydrogens (tertiary/aromatic N) is 2. The maximum Gasteiger partial charge on any atom is 0.264 e. The highest BCUT2D eigenvalue weighted by Gasteiger charge is 2.33. The quantitative estimate of drug-likeness (QED) is 0.183. The number of rotatable bonds is 14. The monoisotopic (exact) mass is 629 g/mol. The molecular formula is C35H39N3O6S. The molecule has 0 saturated carbocycles. The minimum Gasteiger partial charge on any atom is -0.497 e. The summed E-state index contributed by atoms with van der Waals surface area (Å²) in [6.07, 6.45) is 0.331. The molecule has 0 aliphatic carbocycles. The van der Waals surface area contributed by atoms with Gasteiger partial charge in [-0.3, -0.25) is 13.9 Å². The molecule has 10 heteroatoms. The fraction of sp³-hybridized carbons (Fsp3) is 0.257. The van der Waals surface area contributed by atoms with Gasteiger partial charge in [0.25, 0.3) is 10.0 Å². The van der Waals surface area contributed by atoms with Crippen LogP contribution in [-0.4, -0.2) is 50.9 Å². The average molecular weight is 630 g/mol. The van der Waals surface area contributed by atoms with Crippen LogP contribution in [0.5, 0.6) is 17.2 Å². The van der Waals surface area contributed by atoms with Gasteiger partial charge in [0.05, 0.1) is 17.7 Å². The summed E-state index contributed by atoms with van der Waals surface area (Å²) in [5.41, 5.74) is 1.04. The number of ether oxygens (including phenoxy) is 2. The standard InChI is InChI=1S/C35H39N3O6S/c1-5-33(35(40)36-26(2)3)37(24-27-16-20-29(43-4)21-17-27)34(39)25-38(45(41,42)32-14-10-7-11-15-32)28-18-22-31(23-19-28)44-30-12-8-6-9-13-30/h6-23,26,33H,5,24-25H2,1-4H3,(H,36,40)/t33-/m0/s1. The third-order valence-electron chi connectivity index (χ3n) is 7.04. The number of benzene rings is 4. The third-order valence-corrected chi connectivity index (χ3v) is 8.83. The summed E-state index contributed by atoms with van der Waals surface area (Å²) in [4.78, 5) is 29.0. The molecule has 236 valence electrons. The molecule has 9 nitrogen and oxygen atoms in total. The lowest BCUT2D eigenvalue weighted by Crippen LogP contribution is -2.53. The lowest BCUT2D eigenvalue weighted by molar-refractivity contribution is -0.140. The predicted octanol–water partition coefficient (Wildman–Crippen LogP) is 6.01. The van der Waals surface area contributed by atoms with E-state index in [0.29, 0.717) is 23.7 Å². The van der Waals surface area contributed by atoms with Gasteiger partial charge >= 0.3 is 0 Å². The number of hydrogen-bond donors (Lipinski definition) is 1. The molecule has 0 radical (unpaired) electrons. The molecule has 0 spiro atoms. The van der Waals surface area contributed by atoms with Crippen molar-refractivity contribution in [3.8, 4) is 17.2 Å². The predicted molar refractivity (Wildman–Crippen MR) is 175 cm³/mol. The van der Waals surface area contributed by atoms with Gasteiger partial charge in [0, 0.05) is 12.6 Å². The molecule has 0 fully saturated rings. The minimum absolute atomic E-state index is 0.0358. The lowest BCUT2D eigenvalue weighted by Gasteiger charge is -2.33. The zero-order valence-corrected chi connectivity index (χ0v) is 26.7. The van der Waals surface area contributed by atoms with E-state index in [1.807, 2.05) is 63.2 Å². The summed E-state index contributed by atoms with van der Waals surface area (Å²) in [6.45, 7) is 5.08. The van der Waals surface area contributed by atoms with Gasteiger partial charge in [0.1, 0.15) is 29.8 Å². The van der Waals surface area contributed by atoms with E-state index in [4.69, 9.17) is 9.47 Å². The van der Waals surface area contributed by atoms with Gasteiger partial charge in [-0.05, 0) is 86.5 Å². The van der Waals surface area contributed by atoms with Crippen LogP contribution < -0.4 is 19.1 Å². The fourth-order valence-corrected chi connectivity index (χ4v) is 6.22. The summed E-state index contributed by atoms with van der Waals surface area (Å²) >= 11 is 0. The topological polar surface area (TPSA) is 105 Å². The Morgan fingerprint density at radius 1 is 0.778 bits per heavy atom. The average Bonchev–Trinajstić information content (AvgIpc) is 3.04. The van der Waals surface area contributed by atoms with E-state index in [9.17, 15) is 18.0 Å². The number of methoxy groups -OCH3 is 1. The Kier molecular flexibility index (Phi) is 11.2. The molecule has 4 aromatic carbocycles. The first-order valence-electron chi connectivity index (χ1n) is 14.8. The van der Waals surface area contributed by atoms with Crippen LogP contribution in [0, 0.1) is 0 Å². The molecule has 1 N–H and O–H groups in total. The van der Waals surface area contributed by atoms with Crippen molar-refractivity contribution in [3.63, 3.8) is 0 Å². The number of para-hydroxylation sites is 1. The van der Waals surface area contributed by atoms with Crippen molar-refractivity contribution in [2.45, 2.75) is 50.7 Å². The number of amides is 2. The van der Waals surface area contributed by atoms with Crippen LogP contribution in [0.3, 0.4) is 0 Å². The second-order valence-electron chi connectivity index (χ2n) is 10.7. The Balaban J connectivity index is 1.71. The number of carbonyl (C=O) groups is 2. The van der Waals surface area contributed by atoms with Crippen molar-refractivity contribution in [2.24, 2.45) is 0 Å². The molecule has 0 aliphatic rings. The van der Waals surface area contributed by atoms with E-state index in [0.717, 1.165) is 9.87 Å². The number of carbonyl (C=O) groups excluding carboxylic acids is 2. The van der Waals surface area contributed by atoms with Crippen LogP contribution in [0.2, 0.25) is 0 Å². The number of hydrogen-bond acceptors (Lipinski definition) is 6. The van der Waals surface area contributed by atoms with Crippen molar-refractivity contribution in [2.75, 3.05) is 18.0 Å². The molecule has 0 aliphatic heterocycles. The summed E-state index contributed by atoms with van der Waals surface area (Å²) in [7, 11) is -2.61. The van der Waals surface area contributed by atoms with E-state index in [1.165, 1.54) is 17.0 Å². The van der Waals surface area contributed by atoms with Crippen molar-refractivity contribution in [1.29, 1.82) is 0 Å². The Labute approximate surface area is 265 Å². The van der Waals surface area contributed by atoms with Crippen molar-refractivity contribution >= 4 is 27.5 Å². The summed E-state index contributed by atoms with van der Waals surface area (Å²) < 4.78 is 40.3. The normalized spacial score (nSPS) is 11.8. The van der Waals surface area contributed by atoms with Crippen LogP contribution in [0.25, 0.3) is 0 Å².